The molecule has 0 atom stereocenters. The maximum absolute atomic E-state index is 12.3. The fourth-order valence-corrected chi connectivity index (χ4v) is 3.38. The molecule has 0 aliphatic heterocycles. The number of phenols is 1. The smallest absolute Gasteiger partial charge is 0.196 e. The van der Waals surface area contributed by atoms with Gasteiger partial charge in [0, 0.05) is 16.7 Å². The zero-order valence-corrected chi connectivity index (χ0v) is 18.9. The van der Waals surface area contributed by atoms with E-state index in [-0.39, 0.29) is 17.3 Å². The zero-order valence-electron chi connectivity index (χ0n) is 18.9. The number of aromatic hydroxyl groups is 1. The van der Waals surface area contributed by atoms with Crippen molar-refractivity contribution in [3.05, 3.63) is 130 Å². The van der Waals surface area contributed by atoms with E-state index in [0.29, 0.717) is 16.7 Å². The quantitative estimate of drug-likeness (QED) is 0.379. The van der Waals surface area contributed by atoms with E-state index in [1.54, 1.807) is 55.6 Å². The molecular formula is C29H26O4. The van der Waals surface area contributed by atoms with Gasteiger partial charge in [0.15, 0.2) is 11.6 Å². The molecule has 0 radical (unpaired) electrons. The van der Waals surface area contributed by atoms with Gasteiger partial charge in [0.1, 0.15) is 11.5 Å². The maximum Gasteiger partial charge on any atom is 0.196 e. The number of hydrogen-bond donors (Lipinski definition) is 1. The Morgan fingerprint density at radius 2 is 1.30 bits per heavy atom. The second-order valence-corrected chi connectivity index (χ2v) is 7.60. The summed E-state index contributed by atoms with van der Waals surface area (Å²) in [6, 6.07) is 28.6. The van der Waals surface area contributed by atoms with E-state index >= 15 is 0 Å². The molecule has 4 heteroatoms. The third-order valence-corrected chi connectivity index (χ3v) is 5.12. The molecule has 0 unspecified atom stereocenters. The van der Waals surface area contributed by atoms with Crippen molar-refractivity contribution in [3.63, 3.8) is 0 Å². The first-order chi connectivity index (χ1) is 15.9. The molecule has 4 aromatic carbocycles. The highest BCUT2D eigenvalue weighted by atomic mass is 16.5. The van der Waals surface area contributed by atoms with Crippen molar-refractivity contribution < 1.29 is 19.4 Å². The van der Waals surface area contributed by atoms with Crippen molar-refractivity contribution in [1.29, 1.82) is 0 Å². The summed E-state index contributed by atoms with van der Waals surface area (Å²) in [6.07, 6.45) is 0. The molecule has 4 nitrogen and oxygen atoms in total. The van der Waals surface area contributed by atoms with E-state index in [9.17, 15) is 14.7 Å². The number of carbonyl (C=O) groups is 2. The molecule has 33 heavy (non-hydrogen) atoms. The van der Waals surface area contributed by atoms with Gasteiger partial charge in [-0.2, -0.15) is 0 Å². The Morgan fingerprint density at radius 3 is 1.94 bits per heavy atom. The molecule has 1 N–H and O–H groups in total. The summed E-state index contributed by atoms with van der Waals surface area (Å²) in [4.78, 5) is 24.2. The van der Waals surface area contributed by atoms with Gasteiger partial charge in [-0.3, -0.25) is 9.59 Å². The number of benzene rings is 4. The van der Waals surface area contributed by atoms with E-state index in [2.05, 4.69) is 0 Å². The first kappa shape index (κ1) is 23.5. The van der Waals surface area contributed by atoms with Gasteiger partial charge >= 0.3 is 0 Å². The van der Waals surface area contributed by atoms with Crippen LogP contribution >= 0.6 is 0 Å². The topological polar surface area (TPSA) is 63.6 Å². The van der Waals surface area contributed by atoms with Crippen molar-refractivity contribution in [2.45, 2.75) is 13.8 Å². The zero-order chi connectivity index (χ0) is 23.8. The highest BCUT2D eigenvalue weighted by molar-refractivity contribution is 6.10. The number of carbonyl (C=O) groups excluding carboxylic acids is 2. The SMILES string of the molecule is COc1ccc(C(=O)c2cccc(C)c2)cc1C.O=C(c1ccccc1)c1ccccc1O. The Morgan fingerprint density at radius 1 is 0.667 bits per heavy atom. The number of rotatable bonds is 5. The Kier molecular flexibility index (Phi) is 7.77. The van der Waals surface area contributed by atoms with Crippen LogP contribution in [-0.2, 0) is 0 Å². The normalized spacial score (nSPS) is 10.0. The lowest BCUT2D eigenvalue weighted by Crippen LogP contribution is -2.02. The Hall–Kier alpha value is -4.18. The molecule has 4 aromatic rings. The van der Waals surface area contributed by atoms with Crippen molar-refractivity contribution >= 4 is 11.6 Å². The summed E-state index contributed by atoms with van der Waals surface area (Å²) in [5.41, 5.74) is 4.39. The van der Waals surface area contributed by atoms with Gasteiger partial charge in [0.05, 0.1) is 12.7 Å². The summed E-state index contributed by atoms with van der Waals surface area (Å²) in [5, 5.41) is 9.52. The lowest BCUT2D eigenvalue weighted by molar-refractivity contribution is 0.102. The van der Waals surface area contributed by atoms with Crippen LogP contribution in [0.2, 0.25) is 0 Å². The first-order valence-corrected chi connectivity index (χ1v) is 10.5. The number of para-hydroxylation sites is 1. The van der Waals surface area contributed by atoms with Crippen LogP contribution in [-0.4, -0.2) is 23.8 Å². The van der Waals surface area contributed by atoms with Gasteiger partial charge in [-0.05, 0) is 55.8 Å². The minimum atomic E-state index is -0.159. The van der Waals surface area contributed by atoms with Gasteiger partial charge in [0.2, 0.25) is 0 Å². The summed E-state index contributed by atoms with van der Waals surface area (Å²) < 4.78 is 5.19. The summed E-state index contributed by atoms with van der Waals surface area (Å²) in [7, 11) is 1.63. The van der Waals surface area contributed by atoms with E-state index in [1.807, 2.05) is 56.3 Å². The van der Waals surface area contributed by atoms with Gasteiger partial charge in [0.25, 0.3) is 0 Å². The molecular weight excluding hydrogens is 412 g/mol. The van der Waals surface area contributed by atoms with Crippen molar-refractivity contribution in [1.82, 2.24) is 0 Å². The number of aryl methyl sites for hydroxylation is 2. The highest BCUT2D eigenvalue weighted by Gasteiger charge is 2.12. The van der Waals surface area contributed by atoms with Crippen molar-refractivity contribution in [2.24, 2.45) is 0 Å². The van der Waals surface area contributed by atoms with E-state index < -0.39 is 0 Å². The van der Waals surface area contributed by atoms with E-state index in [0.717, 1.165) is 22.4 Å². The molecule has 0 fully saturated rings. The summed E-state index contributed by atoms with van der Waals surface area (Å²) >= 11 is 0. The monoisotopic (exact) mass is 438 g/mol. The minimum Gasteiger partial charge on any atom is -0.507 e. The second kappa shape index (κ2) is 10.9. The van der Waals surface area contributed by atoms with Crippen LogP contribution in [0.3, 0.4) is 0 Å². The van der Waals surface area contributed by atoms with Crippen LogP contribution in [0, 0.1) is 13.8 Å². The molecule has 0 spiro atoms. The Balaban J connectivity index is 0.000000189. The predicted octanol–water partition coefficient (Wildman–Crippen LogP) is 6.17. The third kappa shape index (κ3) is 5.95. The molecule has 0 saturated carbocycles. The summed E-state index contributed by atoms with van der Waals surface area (Å²) in [5.74, 6) is 0.709. The fourth-order valence-electron chi connectivity index (χ4n) is 3.38. The molecule has 0 heterocycles. The number of ether oxygens (including phenoxy) is 1. The van der Waals surface area contributed by atoms with Crippen LogP contribution in [0.1, 0.15) is 43.0 Å². The molecule has 0 aliphatic carbocycles. The van der Waals surface area contributed by atoms with Crippen LogP contribution in [0.15, 0.2) is 97.1 Å². The maximum atomic E-state index is 12.3. The molecule has 0 bridgehead atoms. The van der Waals surface area contributed by atoms with Crippen molar-refractivity contribution in [2.75, 3.05) is 7.11 Å². The molecule has 0 saturated heterocycles. The average Bonchev–Trinajstić information content (AvgIpc) is 2.84. The average molecular weight is 439 g/mol. The standard InChI is InChI=1S/C16H16O2.C13H10O2/c1-11-5-4-6-13(9-11)16(17)14-7-8-15(18-3)12(2)10-14;14-12-9-5-4-8-11(12)13(15)10-6-2-1-3-7-10/h4-10H,1-3H3;1-9,14H. The van der Waals surface area contributed by atoms with E-state index in [1.165, 1.54) is 6.07 Å². The lowest BCUT2D eigenvalue weighted by Gasteiger charge is -2.07. The van der Waals surface area contributed by atoms with Crippen molar-refractivity contribution in [3.8, 4) is 11.5 Å². The Labute approximate surface area is 194 Å². The largest absolute Gasteiger partial charge is 0.507 e. The van der Waals surface area contributed by atoms with Crippen LogP contribution in [0.5, 0.6) is 11.5 Å². The first-order valence-electron chi connectivity index (χ1n) is 10.5. The third-order valence-electron chi connectivity index (χ3n) is 5.12. The Bertz CT molecular complexity index is 1260. The predicted molar refractivity (Wildman–Crippen MR) is 130 cm³/mol. The van der Waals surface area contributed by atoms with Gasteiger partial charge < -0.3 is 9.84 Å². The lowest BCUT2D eigenvalue weighted by atomic mass is 10.00. The molecule has 0 aromatic heterocycles. The van der Waals surface area contributed by atoms with Gasteiger partial charge in [-0.1, -0.05) is 66.2 Å². The number of phenolic OH excluding ortho intramolecular Hbond substituents is 1. The molecule has 0 aliphatic rings. The summed E-state index contributed by atoms with van der Waals surface area (Å²) in [6.45, 7) is 3.92. The number of methoxy groups -OCH3 is 1. The minimum absolute atomic E-state index is 0.0198. The van der Waals surface area contributed by atoms with Crippen LogP contribution in [0.25, 0.3) is 0 Å². The number of ketones is 2. The van der Waals surface area contributed by atoms with E-state index in [4.69, 9.17) is 4.74 Å². The molecule has 4 rings (SSSR count). The second-order valence-electron chi connectivity index (χ2n) is 7.60. The molecule has 166 valence electrons. The van der Waals surface area contributed by atoms with Crippen LogP contribution in [0.4, 0.5) is 0 Å². The van der Waals surface area contributed by atoms with Gasteiger partial charge in [-0.25, -0.2) is 0 Å². The number of hydrogen-bond acceptors (Lipinski definition) is 4. The molecule has 0 amide bonds. The van der Waals surface area contributed by atoms with Gasteiger partial charge in [-0.15, -0.1) is 0 Å². The van der Waals surface area contributed by atoms with Crippen LogP contribution < -0.4 is 4.74 Å². The fraction of sp³-hybridized carbons (Fsp3) is 0.103. The highest BCUT2D eigenvalue weighted by Crippen LogP contribution is 2.21.